The number of anilines is 1. The quantitative estimate of drug-likeness (QED) is 0.641. The van der Waals surface area contributed by atoms with Gasteiger partial charge >= 0.3 is 5.69 Å². The fourth-order valence-corrected chi connectivity index (χ4v) is 2.51. The first-order valence-corrected chi connectivity index (χ1v) is 7.80. The summed E-state index contributed by atoms with van der Waals surface area (Å²) < 4.78 is 5.19. The number of aromatic nitrogens is 2. The average molecular weight is 336 g/mol. The van der Waals surface area contributed by atoms with Crippen LogP contribution in [0.5, 0.6) is 5.75 Å². The van der Waals surface area contributed by atoms with Gasteiger partial charge in [0.25, 0.3) is 5.91 Å². The molecule has 122 valence electrons. The summed E-state index contributed by atoms with van der Waals surface area (Å²) in [5.74, 6) is -0.139. The van der Waals surface area contributed by atoms with Crippen LogP contribution in [0.3, 0.4) is 0 Å². The number of rotatable bonds is 6. The molecule has 2 rings (SSSR count). The highest BCUT2D eigenvalue weighted by Crippen LogP contribution is 2.29. The Morgan fingerprint density at radius 2 is 2.17 bits per heavy atom. The molecule has 0 unspecified atom stereocenters. The van der Waals surface area contributed by atoms with Crippen LogP contribution in [-0.4, -0.2) is 27.6 Å². The maximum Gasteiger partial charge on any atom is 0.311 e. The maximum atomic E-state index is 12.2. The minimum absolute atomic E-state index is 0.132. The monoisotopic (exact) mass is 336 g/mol. The van der Waals surface area contributed by atoms with Gasteiger partial charge in [0.05, 0.1) is 11.5 Å². The number of nitro benzene ring substituents is 1. The van der Waals surface area contributed by atoms with Crippen molar-refractivity contribution in [3.63, 3.8) is 0 Å². The molecule has 1 amide bonds. The van der Waals surface area contributed by atoms with Crippen molar-refractivity contribution in [3.8, 4) is 5.75 Å². The summed E-state index contributed by atoms with van der Waals surface area (Å²) in [6.45, 7) is 5.98. The summed E-state index contributed by atoms with van der Waals surface area (Å²) in [5.41, 5.74) is -0.0962. The zero-order valence-corrected chi connectivity index (χ0v) is 13.7. The van der Waals surface area contributed by atoms with E-state index in [0.29, 0.717) is 11.7 Å². The second-order valence-electron chi connectivity index (χ2n) is 4.93. The topological polar surface area (TPSA) is 107 Å². The van der Waals surface area contributed by atoms with Crippen LogP contribution in [0.2, 0.25) is 0 Å². The minimum Gasteiger partial charge on any atom is -0.487 e. The molecule has 0 atom stereocenters. The summed E-state index contributed by atoms with van der Waals surface area (Å²) >= 11 is 1.27. The number of hydrogen-bond acceptors (Lipinski definition) is 7. The van der Waals surface area contributed by atoms with Gasteiger partial charge in [-0.2, -0.15) is 0 Å². The lowest BCUT2D eigenvalue weighted by atomic mass is 10.2. The van der Waals surface area contributed by atoms with Crippen molar-refractivity contribution in [2.75, 3.05) is 11.9 Å². The Labute approximate surface area is 136 Å². The third-order valence-electron chi connectivity index (χ3n) is 2.87. The van der Waals surface area contributed by atoms with Crippen molar-refractivity contribution in [1.82, 2.24) is 10.2 Å². The molecule has 0 spiro atoms. The van der Waals surface area contributed by atoms with E-state index in [2.05, 4.69) is 15.5 Å². The SMILES string of the molecule is CCOc1ccc(C(=O)Nc2nnc(C(C)C)s2)cc1[N+](=O)[O-]. The zero-order chi connectivity index (χ0) is 17.0. The van der Waals surface area contributed by atoms with Crippen molar-refractivity contribution in [3.05, 3.63) is 38.9 Å². The van der Waals surface area contributed by atoms with Crippen LogP contribution >= 0.6 is 11.3 Å². The molecule has 0 aliphatic rings. The molecule has 9 heteroatoms. The van der Waals surface area contributed by atoms with Gasteiger partial charge < -0.3 is 4.74 Å². The Morgan fingerprint density at radius 1 is 1.43 bits per heavy atom. The van der Waals surface area contributed by atoms with E-state index >= 15 is 0 Å². The summed E-state index contributed by atoms with van der Waals surface area (Å²) in [5, 5.41) is 22.7. The largest absolute Gasteiger partial charge is 0.487 e. The molecule has 1 N–H and O–H groups in total. The lowest BCUT2D eigenvalue weighted by Gasteiger charge is -2.06. The molecule has 0 fully saturated rings. The molecule has 2 aromatic rings. The summed E-state index contributed by atoms with van der Waals surface area (Å²) in [7, 11) is 0. The number of carbonyl (C=O) groups is 1. The third kappa shape index (κ3) is 4.01. The van der Waals surface area contributed by atoms with E-state index in [0.717, 1.165) is 5.01 Å². The number of ether oxygens (including phenoxy) is 1. The number of benzene rings is 1. The summed E-state index contributed by atoms with van der Waals surface area (Å²) in [6, 6.07) is 4.07. The first-order chi connectivity index (χ1) is 10.9. The van der Waals surface area contributed by atoms with E-state index in [1.54, 1.807) is 6.92 Å². The maximum absolute atomic E-state index is 12.2. The van der Waals surface area contributed by atoms with Gasteiger partial charge in [-0.3, -0.25) is 20.2 Å². The van der Waals surface area contributed by atoms with Crippen molar-refractivity contribution in [2.24, 2.45) is 0 Å². The number of nitrogens with one attached hydrogen (secondary N) is 1. The fourth-order valence-electron chi connectivity index (χ4n) is 1.77. The van der Waals surface area contributed by atoms with Crippen molar-refractivity contribution >= 4 is 28.1 Å². The smallest absolute Gasteiger partial charge is 0.311 e. The Kier molecular flexibility index (Phi) is 5.22. The first-order valence-electron chi connectivity index (χ1n) is 6.98. The molecule has 0 aliphatic carbocycles. The van der Waals surface area contributed by atoms with Gasteiger partial charge in [0.15, 0.2) is 5.75 Å². The molecule has 0 saturated carbocycles. The lowest BCUT2D eigenvalue weighted by molar-refractivity contribution is -0.385. The van der Waals surface area contributed by atoms with E-state index in [1.165, 1.54) is 29.5 Å². The van der Waals surface area contributed by atoms with Crippen LogP contribution in [0.25, 0.3) is 0 Å². The van der Waals surface area contributed by atoms with Gasteiger partial charge in [-0.05, 0) is 19.1 Å². The minimum atomic E-state index is -0.580. The molecular weight excluding hydrogens is 320 g/mol. The third-order valence-corrected chi connectivity index (χ3v) is 4.01. The molecule has 0 bridgehead atoms. The Hall–Kier alpha value is -2.55. The lowest BCUT2D eigenvalue weighted by Crippen LogP contribution is -2.12. The van der Waals surface area contributed by atoms with Crippen LogP contribution in [0, 0.1) is 10.1 Å². The van der Waals surface area contributed by atoms with E-state index in [4.69, 9.17) is 4.74 Å². The van der Waals surface area contributed by atoms with E-state index in [1.807, 2.05) is 13.8 Å². The summed E-state index contributed by atoms with van der Waals surface area (Å²) in [4.78, 5) is 22.7. The van der Waals surface area contributed by atoms with E-state index < -0.39 is 10.8 Å². The normalized spacial score (nSPS) is 10.6. The molecule has 1 heterocycles. The van der Waals surface area contributed by atoms with Crippen LogP contribution in [-0.2, 0) is 0 Å². The standard InChI is InChI=1S/C14H16N4O4S/c1-4-22-11-6-5-9(7-10(11)18(20)21)12(19)15-14-17-16-13(23-14)8(2)3/h5-8H,4H2,1-3H3,(H,15,17,19). The van der Waals surface area contributed by atoms with Gasteiger partial charge in [0, 0.05) is 17.5 Å². The molecule has 0 saturated heterocycles. The molecular formula is C14H16N4O4S. The van der Waals surface area contributed by atoms with Gasteiger partial charge in [-0.15, -0.1) is 10.2 Å². The van der Waals surface area contributed by atoms with Gasteiger partial charge in [0.1, 0.15) is 5.01 Å². The second kappa shape index (κ2) is 7.14. The highest BCUT2D eigenvalue weighted by Gasteiger charge is 2.19. The highest BCUT2D eigenvalue weighted by atomic mass is 32.1. The first kappa shape index (κ1) is 16.8. The summed E-state index contributed by atoms with van der Waals surface area (Å²) in [6.07, 6.45) is 0. The van der Waals surface area contributed by atoms with Gasteiger partial charge in [-0.25, -0.2) is 0 Å². The predicted molar refractivity (Wildman–Crippen MR) is 86.2 cm³/mol. The Balaban J connectivity index is 2.21. The molecule has 23 heavy (non-hydrogen) atoms. The number of hydrogen-bond donors (Lipinski definition) is 1. The fraction of sp³-hybridized carbons (Fsp3) is 0.357. The molecule has 0 radical (unpaired) electrons. The van der Waals surface area contributed by atoms with Crippen LogP contribution in [0.1, 0.15) is 42.1 Å². The molecule has 8 nitrogen and oxygen atoms in total. The Bertz CT molecular complexity index is 729. The number of amides is 1. The number of nitrogens with zero attached hydrogens (tertiary/aromatic N) is 3. The Morgan fingerprint density at radius 3 is 2.74 bits per heavy atom. The molecule has 1 aromatic carbocycles. The van der Waals surface area contributed by atoms with E-state index in [9.17, 15) is 14.9 Å². The van der Waals surface area contributed by atoms with Crippen molar-refractivity contribution < 1.29 is 14.5 Å². The molecule has 1 aromatic heterocycles. The van der Waals surface area contributed by atoms with Crippen molar-refractivity contribution in [2.45, 2.75) is 26.7 Å². The van der Waals surface area contributed by atoms with Crippen LogP contribution in [0.4, 0.5) is 10.8 Å². The van der Waals surface area contributed by atoms with Crippen LogP contribution in [0.15, 0.2) is 18.2 Å². The van der Waals surface area contributed by atoms with E-state index in [-0.39, 0.29) is 22.9 Å². The zero-order valence-electron chi connectivity index (χ0n) is 12.9. The predicted octanol–water partition coefficient (Wildman–Crippen LogP) is 3.22. The van der Waals surface area contributed by atoms with Crippen molar-refractivity contribution in [1.29, 1.82) is 0 Å². The van der Waals surface area contributed by atoms with Gasteiger partial charge in [0.2, 0.25) is 5.13 Å². The van der Waals surface area contributed by atoms with Crippen LogP contribution < -0.4 is 10.1 Å². The molecule has 0 aliphatic heterocycles. The highest BCUT2D eigenvalue weighted by molar-refractivity contribution is 7.15. The average Bonchev–Trinajstić information content (AvgIpc) is 2.96. The number of nitro groups is 1. The van der Waals surface area contributed by atoms with Gasteiger partial charge in [-0.1, -0.05) is 25.2 Å². The second-order valence-corrected chi connectivity index (χ2v) is 5.94. The number of carbonyl (C=O) groups excluding carboxylic acids is 1.